The molecule has 94 valence electrons. The number of aliphatic carboxylic acids is 1. The fourth-order valence-electron chi connectivity index (χ4n) is 1.78. The van der Waals surface area contributed by atoms with Gasteiger partial charge in [-0.1, -0.05) is 11.6 Å². The number of carboxylic acids is 1. The van der Waals surface area contributed by atoms with Gasteiger partial charge in [0.05, 0.1) is 13.3 Å². The summed E-state index contributed by atoms with van der Waals surface area (Å²) < 4.78 is 6.68. The van der Waals surface area contributed by atoms with Crippen molar-refractivity contribution in [3.05, 3.63) is 36.2 Å². The molecule has 0 aliphatic rings. The van der Waals surface area contributed by atoms with Crippen molar-refractivity contribution in [3.63, 3.8) is 0 Å². The summed E-state index contributed by atoms with van der Waals surface area (Å²) in [6, 6.07) is 5.84. The van der Waals surface area contributed by atoms with E-state index >= 15 is 0 Å². The van der Waals surface area contributed by atoms with Gasteiger partial charge in [0.1, 0.15) is 12.3 Å². The van der Waals surface area contributed by atoms with Crippen LogP contribution < -0.4 is 4.74 Å². The number of aryl methyl sites for hydroxylation is 1. The molecule has 0 unspecified atom stereocenters. The van der Waals surface area contributed by atoms with Crippen LogP contribution in [0.4, 0.5) is 0 Å². The normalized spacial score (nSPS) is 10.3. The van der Waals surface area contributed by atoms with Crippen LogP contribution in [0.2, 0.25) is 0 Å². The highest BCUT2D eigenvalue weighted by Gasteiger charge is 2.09. The fraction of sp³-hybridized carbons (Fsp3) is 0.231. The lowest BCUT2D eigenvalue weighted by Crippen LogP contribution is -2.08. The molecule has 5 nitrogen and oxygen atoms in total. The van der Waals surface area contributed by atoms with Crippen LogP contribution in [0.1, 0.15) is 5.56 Å². The predicted octanol–water partition coefficient (Wildman–Crippen LogP) is 1.95. The quantitative estimate of drug-likeness (QED) is 0.895. The molecular weight excluding hydrogens is 232 g/mol. The van der Waals surface area contributed by atoms with Crippen LogP contribution in [-0.4, -0.2) is 28.0 Å². The molecule has 2 rings (SSSR count). The third-order valence-corrected chi connectivity index (χ3v) is 2.60. The summed E-state index contributed by atoms with van der Waals surface area (Å²) in [6.07, 6.45) is 3.34. The van der Waals surface area contributed by atoms with Crippen LogP contribution in [-0.2, 0) is 11.3 Å². The molecular formula is C13H14N2O3. The van der Waals surface area contributed by atoms with Gasteiger partial charge in [0.2, 0.25) is 0 Å². The van der Waals surface area contributed by atoms with E-state index in [1.165, 1.54) is 4.68 Å². The third-order valence-electron chi connectivity index (χ3n) is 2.60. The maximum atomic E-state index is 10.6. The van der Waals surface area contributed by atoms with Gasteiger partial charge in [0.15, 0.2) is 0 Å². The Hall–Kier alpha value is -2.30. The zero-order valence-electron chi connectivity index (χ0n) is 10.3. The number of hydrogen-bond donors (Lipinski definition) is 1. The van der Waals surface area contributed by atoms with Crippen LogP contribution in [0, 0.1) is 6.92 Å². The highest BCUT2D eigenvalue weighted by atomic mass is 16.5. The van der Waals surface area contributed by atoms with E-state index in [1.807, 2.05) is 25.1 Å². The van der Waals surface area contributed by atoms with E-state index in [9.17, 15) is 4.79 Å². The van der Waals surface area contributed by atoms with Gasteiger partial charge in [-0.25, -0.2) is 0 Å². The molecule has 0 bridgehead atoms. The number of hydrogen-bond acceptors (Lipinski definition) is 3. The van der Waals surface area contributed by atoms with Gasteiger partial charge in [0, 0.05) is 17.3 Å². The smallest absolute Gasteiger partial charge is 0.325 e. The van der Waals surface area contributed by atoms with Crippen LogP contribution in [0.15, 0.2) is 30.6 Å². The second kappa shape index (κ2) is 4.91. The first-order chi connectivity index (χ1) is 8.60. The highest BCUT2D eigenvalue weighted by Crippen LogP contribution is 2.30. The third kappa shape index (κ3) is 2.51. The zero-order valence-corrected chi connectivity index (χ0v) is 10.3. The largest absolute Gasteiger partial charge is 0.496 e. The minimum absolute atomic E-state index is 0.145. The minimum atomic E-state index is -0.916. The van der Waals surface area contributed by atoms with E-state index in [4.69, 9.17) is 9.84 Å². The highest BCUT2D eigenvalue weighted by molar-refractivity contribution is 5.71. The molecule has 0 saturated carbocycles. The van der Waals surface area contributed by atoms with Gasteiger partial charge >= 0.3 is 5.97 Å². The molecule has 0 fully saturated rings. The maximum absolute atomic E-state index is 10.6. The molecule has 0 aliphatic heterocycles. The lowest BCUT2D eigenvalue weighted by atomic mass is 10.1. The average molecular weight is 246 g/mol. The van der Waals surface area contributed by atoms with Gasteiger partial charge in [-0.2, -0.15) is 5.10 Å². The SMILES string of the molecule is COc1ccc(C)cc1-c1cnn(CC(=O)O)c1. The minimum Gasteiger partial charge on any atom is -0.496 e. The summed E-state index contributed by atoms with van der Waals surface area (Å²) in [7, 11) is 1.61. The first-order valence-corrected chi connectivity index (χ1v) is 5.49. The van der Waals surface area contributed by atoms with Crippen molar-refractivity contribution in [1.82, 2.24) is 9.78 Å². The van der Waals surface area contributed by atoms with Crippen LogP contribution >= 0.6 is 0 Å². The molecule has 5 heteroatoms. The number of rotatable bonds is 4. The summed E-state index contributed by atoms with van der Waals surface area (Å²) in [5.41, 5.74) is 2.86. The Kier molecular flexibility index (Phi) is 3.32. The number of ether oxygens (including phenoxy) is 1. The summed E-state index contributed by atoms with van der Waals surface area (Å²) in [4.78, 5) is 10.6. The Bertz CT molecular complexity index is 575. The first kappa shape index (κ1) is 12.2. The van der Waals surface area contributed by atoms with Crippen molar-refractivity contribution in [2.24, 2.45) is 0 Å². The molecule has 1 heterocycles. The van der Waals surface area contributed by atoms with E-state index < -0.39 is 5.97 Å². The predicted molar refractivity (Wildman–Crippen MR) is 66.6 cm³/mol. The molecule has 0 saturated heterocycles. The second-order valence-electron chi connectivity index (χ2n) is 4.02. The van der Waals surface area contributed by atoms with Crippen LogP contribution in [0.3, 0.4) is 0 Å². The Morgan fingerprint density at radius 2 is 2.28 bits per heavy atom. The van der Waals surface area contributed by atoms with E-state index in [2.05, 4.69) is 5.10 Å². The van der Waals surface area contributed by atoms with Gasteiger partial charge < -0.3 is 9.84 Å². The van der Waals surface area contributed by atoms with Gasteiger partial charge in [-0.3, -0.25) is 9.48 Å². The molecule has 0 atom stereocenters. The monoisotopic (exact) mass is 246 g/mol. The molecule has 0 radical (unpaired) electrons. The second-order valence-corrected chi connectivity index (χ2v) is 4.02. The van der Waals surface area contributed by atoms with Gasteiger partial charge in [0.25, 0.3) is 0 Å². The Labute approximate surface area is 105 Å². The van der Waals surface area contributed by atoms with Gasteiger partial charge in [-0.15, -0.1) is 0 Å². The zero-order chi connectivity index (χ0) is 13.1. The number of aromatic nitrogens is 2. The molecule has 2 aromatic rings. The van der Waals surface area contributed by atoms with Crippen molar-refractivity contribution >= 4 is 5.97 Å². The van der Waals surface area contributed by atoms with Crippen molar-refractivity contribution in [2.75, 3.05) is 7.11 Å². The van der Waals surface area contributed by atoms with Crippen molar-refractivity contribution in [3.8, 4) is 16.9 Å². The fourth-order valence-corrected chi connectivity index (χ4v) is 1.78. The molecule has 1 N–H and O–H groups in total. The van der Waals surface area contributed by atoms with Crippen LogP contribution in [0.25, 0.3) is 11.1 Å². The lowest BCUT2D eigenvalue weighted by molar-refractivity contribution is -0.137. The van der Waals surface area contributed by atoms with E-state index in [0.717, 1.165) is 22.4 Å². The molecule has 18 heavy (non-hydrogen) atoms. The van der Waals surface area contributed by atoms with E-state index in [0.29, 0.717) is 0 Å². The van der Waals surface area contributed by atoms with Crippen molar-refractivity contribution in [2.45, 2.75) is 13.5 Å². The number of carbonyl (C=O) groups is 1. The molecule has 0 amide bonds. The molecule has 1 aromatic heterocycles. The Morgan fingerprint density at radius 3 is 2.94 bits per heavy atom. The molecule has 0 aliphatic carbocycles. The summed E-state index contributed by atoms with van der Waals surface area (Å²) in [6.45, 7) is 1.85. The first-order valence-electron chi connectivity index (χ1n) is 5.49. The summed E-state index contributed by atoms with van der Waals surface area (Å²) in [5, 5.41) is 12.7. The summed E-state index contributed by atoms with van der Waals surface area (Å²) in [5.74, 6) is -0.170. The maximum Gasteiger partial charge on any atom is 0.325 e. The Morgan fingerprint density at radius 1 is 1.50 bits per heavy atom. The van der Waals surface area contributed by atoms with Crippen LogP contribution in [0.5, 0.6) is 5.75 Å². The number of benzene rings is 1. The molecule has 1 aromatic carbocycles. The topological polar surface area (TPSA) is 64.4 Å². The Balaban J connectivity index is 2.38. The average Bonchev–Trinajstić information content (AvgIpc) is 2.76. The van der Waals surface area contributed by atoms with Crippen molar-refractivity contribution in [1.29, 1.82) is 0 Å². The van der Waals surface area contributed by atoms with Gasteiger partial charge in [-0.05, 0) is 19.1 Å². The summed E-state index contributed by atoms with van der Waals surface area (Å²) >= 11 is 0. The lowest BCUT2D eigenvalue weighted by Gasteiger charge is -2.07. The number of carboxylic acid groups (broad SMARTS) is 1. The number of nitrogens with zero attached hydrogens (tertiary/aromatic N) is 2. The van der Waals surface area contributed by atoms with E-state index in [-0.39, 0.29) is 6.54 Å². The number of methoxy groups -OCH3 is 1. The van der Waals surface area contributed by atoms with Crippen molar-refractivity contribution < 1.29 is 14.6 Å². The van der Waals surface area contributed by atoms with E-state index in [1.54, 1.807) is 19.5 Å². The molecule has 0 spiro atoms. The standard InChI is InChI=1S/C13H14N2O3/c1-9-3-4-12(18-2)11(5-9)10-6-14-15(7-10)8-13(16)17/h3-7H,8H2,1-2H3,(H,16,17).